The van der Waals surface area contributed by atoms with Gasteiger partial charge in [0.1, 0.15) is 6.04 Å². The lowest BCUT2D eigenvalue weighted by Gasteiger charge is -2.13. The summed E-state index contributed by atoms with van der Waals surface area (Å²) in [5.74, 6) is -1.10. The van der Waals surface area contributed by atoms with Crippen molar-refractivity contribution in [3.05, 3.63) is 40.9 Å². The van der Waals surface area contributed by atoms with Crippen molar-refractivity contribution in [2.24, 2.45) is 0 Å². The second-order valence-corrected chi connectivity index (χ2v) is 4.83. The third-order valence-corrected chi connectivity index (χ3v) is 3.29. The van der Waals surface area contributed by atoms with Crippen molar-refractivity contribution in [2.75, 3.05) is 5.32 Å². The molecule has 1 aromatic carbocycles. The van der Waals surface area contributed by atoms with Crippen LogP contribution in [0.15, 0.2) is 35.3 Å². The Morgan fingerprint density at radius 1 is 1.53 bits per heavy atom. The zero-order chi connectivity index (χ0) is 14.4. The Kier molecular flexibility index (Phi) is 5.57. The summed E-state index contributed by atoms with van der Waals surface area (Å²) in [7, 11) is 0. The second kappa shape index (κ2) is 6.94. The first kappa shape index (κ1) is 15.2. The summed E-state index contributed by atoms with van der Waals surface area (Å²) < 4.78 is 0.867. The van der Waals surface area contributed by atoms with Crippen molar-refractivity contribution in [3.63, 3.8) is 0 Å². The number of amides is 2. The van der Waals surface area contributed by atoms with Gasteiger partial charge in [0, 0.05) is 10.2 Å². The minimum Gasteiger partial charge on any atom is -0.480 e. The van der Waals surface area contributed by atoms with E-state index in [2.05, 4.69) is 33.1 Å². The second-order valence-electron chi connectivity index (χ2n) is 3.98. The van der Waals surface area contributed by atoms with Gasteiger partial charge in [0.15, 0.2) is 0 Å². The molecule has 0 heterocycles. The molecule has 0 aliphatic heterocycles. The van der Waals surface area contributed by atoms with Crippen molar-refractivity contribution < 1.29 is 14.7 Å². The molecular weight excluding hydrogens is 312 g/mol. The molecule has 5 nitrogen and oxygen atoms in total. The van der Waals surface area contributed by atoms with Gasteiger partial charge in [0.05, 0.1) is 0 Å². The molecule has 1 atom stereocenters. The van der Waals surface area contributed by atoms with Crippen LogP contribution in [0.3, 0.4) is 0 Å². The summed E-state index contributed by atoms with van der Waals surface area (Å²) in [5.41, 5.74) is 1.62. The van der Waals surface area contributed by atoms with Crippen molar-refractivity contribution in [1.29, 1.82) is 0 Å². The molecule has 0 saturated heterocycles. The zero-order valence-corrected chi connectivity index (χ0v) is 12.0. The Morgan fingerprint density at radius 3 is 2.74 bits per heavy atom. The van der Waals surface area contributed by atoms with E-state index >= 15 is 0 Å². The maximum atomic E-state index is 11.7. The molecule has 0 aliphatic carbocycles. The SMILES string of the molecule is C=CCC(NC(=O)Nc1ccc(C)c(Br)c1)C(=O)O. The van der Waals surface area contributed by atoms with Crippen molar-refractivity contribution in [2.45, 2.75) is 19.4 Å². The summed E-state index contributed by atoms with van der Waals surface area (Å²) in [5, 5.41) is 13.8. The summed E-state index contributed by atoms with van der Waals surface area (Å²) in [6.45, 7) is 5.38. The number of halogens is 1. The molecule has 102 valence electrons. The maximum absolute atomic E-state index is 11.7. The molecule has 2 amide bonds. The molecular formula is C13H15BrN2O3. The van der Waals surface area contributed by atoms with Gasteiger partial charge in [-0.1, -0.05) is 28.1 Å². The van der Waals surface area contributed by atoms with Crippen LogP contribution >= 0.6 is 15.9 Å². The Bertz CT molecular complexity index is 503. The first-order valence-electron chi connectivity index (χ1n) is 5.61. The predicted octanol–water partition coefficient (Wildman–Crippen LogP) is 2.91. The number of aryl methyl sites for hydroxylation is 1. The molecule has 19 heavy (non-hydrogen) atoms. The van der Waals surface area contributed by atoms with Crippen LogP contribution in [-0.4, -0.2) is 23.1 Å². The van der Waals surface area contributed by atoms with Crippen LogP contribution in [0, 0.1) is 6.92 Å². The highest BCUT2D eigenvalue weighted by Crippen LogP contribution is 2.20. The quantitative estimate of drug-likeness (QED) is 0.728. The van der Waals surface area contributed by atoms with Gasteiger partial charge in [-0.15, -0.1) is 6.58 Å². The standard InChI is InChI=1S/C13H15BrN2O3/c1-3-4-11(12(17)18)16-13(19)15-9-6-5-8(2)10(14)7-9/h3,5-7,11H,1,4H2,2H3,(H,17,18)(H2,15,16,19). The molecule has 0 aliphatic rings. The highest BCUT2D eigenvalue weighted by Gasteiger charge is 2.18. The minimum absolute atomic E-state index is 0.167. The Labute approximate surface area is 119 Å². The van der Waals surface area contributed by atoms with E-state index in [0.29, 0.717) is 5.69 Å². The summed E-state index contributed by atoms with van der Waals surface area (Å²) in [4.78, 5) is 22.5. The number of nitrogens with one attached hydrogen (secondary N) is 2. The van der Waals surface area contributed by atoms with E-state index in [1.807, 2.05) is 13.0 Å². The molecule has 0 saturated carbocycles. The van der Waals surface area contributed by atoms with Gasteiger partial charge in [-0.05, 0) is 31.0 Å². The van der Waals surface area contributed by atoms with Crippen LogP contribution in [-0.2, 0) is 4.79 Å². The lowest BCUT2D eigenvalue weighted by molar-refractivity contribution is -0.139. The summed E-state index contributed by atoms with van der Waals surface area (Å²) in [6.07, 6.45) is 1.61. The number of urea groups is 1. The fourth-order valence-corrected chi connectivity index (χ4v) is 1.76. The first-order chi connectivity index (χ1) is 8.93. The summed E-state index contributed by atoms with van der Waals surface area (Å²) >= 11 is 3.36. The molecule has 3 N–H and O–H groups in total. The van der Waals surface area contributed by atoms with Gasteiger partial charge < -0.3 is 15.7 Å². The Morgan fingerprint density at radius 2 is 2.21 bits per heavy atom. The molecule has 0 spiro atoms. The van der Waals surface area contributed by atoms with Gasteiger partial charge in [-0.3, -0.25) is 0 Å². The van der Waals surface area contributed by atoms with Crippen LogP contribution in [0.5, 0.6) is 0 Å². The number of aliphatic carboxylic acids is 1. The maximum Gasteiger partial charge on any atom is 0.326 e. The third-order valence-electron chi connectivity index (χ3n) is 2.44. The van der Waals surface area contributed by atoms with Gasteiger partial charge in [-0.25, -0.2) is 9.59 Å². The average molecular weight is 327 g/mol. The largest absolute Gasteiger partial charge is 0.480 e. The van der Waals surface area contributed by atoms with Gasteiger partial charge in [-0.2, -0.15) is 0 Å². The van der Waals surface area contributed by atoms with E-state index in [1.54, 1.807) is 12.1 Å². The first-order valence-corrected chi connectivity index (χ1v) is 6.40. The monoisotopic (exact) mass is 326 g/mol. The zero-order valence-electron chi connectivity index (χ0n) is 10.4. The Hall–Kier alpha value is -1.82. The fraction of sp³-hybridized carbons (Fsp3) is 0.231. The van der Waals surface area contributed by atoms with Crippen molar-refractivity contribution in [3.8, 4) is 0 Å². The third kappa shape index (κ3) is 4.75. The van der Waals surface area contributed by atoms with E-state index in [4.69, 9.17) is 5.11 Å². The highest BCUT2D eigenvalue weighted by atomic mass is 79.9. The van der Waals surface area contributed by atoms with Gasteiger partial charge in [0.25, 0.3) is 0 Å². The highest BCUT2D eigenvalue weighted by molar-refractivity contribution is 9.10. The average Bonchev–Trinajstić information content (AvgIpc) is 2.33. The molecule has 0 aromatic heterocycles. The van der Waals surface area contributed by atoms with Crippen LogP contribution in [0.25, 0.3) is 0 Å². The molecule has 0 radical (unpaired) electrons. The van der Waals surface area contributed by atoms with Crippen LogP contribution in [0.4, 0.5) is 10.5 Å². The minimum atomic E-state index is -1.10. The number of carboxylic acids is 1. The van der Waals surface area contributed by atoms with E-state index < -0.39 is 18.0 Å². The lowest BCUT2D eigenvalue weighted by Crippen LogP contribution is -2.42. The van der Waals surface area contributed by atoms with E-state index in [1.165, 1.54) is 6.08 Å². The molecule has 0 fully saturated rings. The molecule has 0 bridgehead atoms. The predicted molar refractivity (Wildman–Crippen MR) is 77.3 cm³/mol. The van der Waals surface area contributed by atoms with Gasteiger partial charge >= 0.3 is 12.0 Å². The number of hydrogen-bond acceptors (Lipinski definition) is 2. The summed E-state index contributed by atoms with van der Waals surface area (Å²) in [6, 6.07) is 3.79. The number of carboxylic acid groups (broad SMARTS) is 1. The van der Waals surface area contributed by atoms with Crippen LogP contribution in [0.2, 0.25) is 0 Å². The number of hydrogen-bond donors (Lipinski definition) is 3. The van der Waals surface area contributed by atoms with E-state index in [9.17, 15) is 9.59 Å². The number of anilines is 1. The smallest absolute Gasteiger partial charge is 0.326 e. The Balaban J connectivity index is 2.65. The van der Waals surface area contributed by atoms with E-state index in [-0.39, 0.29) is 6.42 Å². The van der Waals surface area contributed by atoms with E-state index in [0.717, 1.165) is 10.0 Å². The molecule has 1 rings (SSSR count). The number of carbonyl (C=O) groups is 2. The molecule has 1 unspecified atom stereocenters. The number of rotatable bonds is 5. The van der Waals surface area contributed by atoms with Crippen LogP contribution in [0.1, 0.15) is 12.0 Å². The fourth-order valence-electron chi connectivity index (χ4n) is 1.38. The van der Waals surface area contributed by atoms with Gasteiger partial charge in [0.2, 0.25) is 0 Å². The lowest BCUT2D eigenvalue weighted by atomic mass is 10.2. The van der Waals surface area contributed by atoms with Crippen molar-refractivity contribution in [1.82, 2.24) is 5.32 Å². The molecule has 1 aromatic rings. The number of carbonyl (C=O) groups excluding carboxylic acids is 1. The number of benzene rings is 1. The van der Waals surface area contributed by atoms with Crippen molar-refractivity contribution >= 4 is 33.6 Å². The molecule has 6 heteroatoms. The van der Waals surface area contributed by atoms with Crippen LogP contribution < -0.4 is 10.6 Å². The normalized spacial score (nSPS) is 11.5. The topological polar surface area (TPSA) is 78.4 Å².